The monoisotopic (exact) mass is 284 g/mol. The van der Waals surface area contributed by atoms with Crippen LogP contribution >= 0.6 is 8.03 Å². The van der Waals surface area contributed by atoms with E-state index < -0.39 is 8.03 Å². The molecular weight excluding hydrogens is 269 g/mol. The molecule has 0 aromatic carbocycles. The number of hydrogen-bond donors (Lipinski definition) is 1. The van der Waals surface area contributed by atoms with E-state index >= 15 is 0 Å². The van der Waals surface area contributed by atoms with Crippen molar-refractivity contribution in [3.63, 3.8) is 0 Å². The molecule has 2 atom stereocenters. The van der Waals surface area contributed by atoms with E-state index in [1.807, 2.05) is 11.5 Å². The number of nitrogens with two attached hydrogens (primary N) is 1. The molecule has 2 aromatic heterocycles. The highest BCUT2D eigenvalue weighted by atomic mass is 31.1. The number of fused-ring (bicyclic) bond motifs is 1. The minimum absolute atomic E-state index is 0.0662. The number of nitrogens with zero attached hydrogens (tertiary/aromatic N) is 4. The van der Waals surface area contributed by atoms with Crippen LogP contribution in [0.4, 0.5) is 5.82 Å². The van der Waals surface area contributed by atoms with Crippen molar-refractivity contribution in [2.24, 2.45) is 0 Å². The quantitative estimate of drug-likeness (QED) is 0.793. The van der Waals surface area contributed by atoms with Crippen LogP contribution in [0.2, 0.25) is 0 Å². The number of aromatic nitrogens is 4. The standard InChI is InChI=1S/C10H15N5O3P/c1-7(18-6-19(16)17-2)3-15-5-14-8-9(11)12-4-13-10(8)15/h4-5,7H,3,6H2,1-2H3,(H2,11,12,13)/q+1/t7-/m1/s1. The molecule has 2 heterocycles. The SMILES string of the molecule is CO[P+](=O)CO[C@H](C)Cn1cnc2c(N)ncnc21. The first kappa shape index (κ1) is 13.8. The van der Waals surface area contributed by atoms with Gasteiger partial charge < -0.3 is 15.0 Å². The Kier molecular flexibility index (Phi) is 4.36. The van der Waals surface area contributed by atoms with E-state index in [4.69, 9.17) is 10.5 Å². The van der Waals surface area contributed by atoms with Gasteiger partial charge in [0.15, 0.2) is 11.5 Å². The number of rotatable bonds is 6. The second-order valence-electron chi connectivity index (χ2n) is 3.95. The Morgan fingerprint density at radius 3 is 3.00 bits per heavy atom. The number of ether oxygens (including phenoxy) is 1. The molecule has 0 aliphatic rings. The zero-order chi connectivity index (χ0) is 13.8. The summed E-state index contributed by atoms with van der Waals surface area (Å²) in [4.78, 5) is 12.2. The lowest BCUT2D eigenvalue weighted by atomic mass is 10.4. The molecule has 0 saturated heterocycles. The fourth-order valence-electron chi connectivity index (χ4n) is 1.60. The fourth-order valence-corrected chi connectivity index (χ4v) is 2.08. The van der Waals surface area contributed by atoms with E-state index in [0.717, 1.165) is 0 Å². The van der Waals surface area contributed by atoms with Crippen LogP contribution in [-0.2, 0) is 20.4 Å². The predicted molar refractivity (Wildman–Crippen MR) is 69.8 cm³/mol. The van der Waals surface area contributed by atoms with Gasteiger partial charge in [0.05, 0.1) is 26.1 Å². The van der Waals surface area contributed by atoms with Crippen molar-refractivity contribution in [3.8, 4) is 0 Å². The molecule has 9 heteroatoms. The van der Waals surface area contributed by atoms with E-state index in [2.05, 4.69) is 19.5 Å². The molecule has 0 saturated carbocycles. The maximum Gasteiger partial charge on any atom is 0.536 e. The molecule has 1 unspecified atom stereocenters. The normalized spacial score (nSPS) is 13.7. The first-order valence-corrected chi connectivity index (χ1v) is 6.99. The van der Waals surface area contributed by atoms with Crippen molar-refractivity contribution in [1.82, 2.24) is 19.5 Å². The Balaban J connectivity index is 2.05. The molecule has 19 heavy (non-hydrogen) atoms. The van der Waals surface area contributed by atoms with Gasteiger partial charge in [-0.25, -0.2) is 15.0 Å². The largest absolute Gasteiger partial charge is 0.536 e. The van der Waals surface area contributed by atoms with E-state index in [0.29, 0.717) is 23.5 Å². The summed E-state index contributed by atoms with van der Waals surface area (Å²) in [5.41, 5.74) is 6.92. The van der Waals surface area contributed by atoms with E-state index in [1.165, 1.54) is 13.4 Å². The van der Waals surface area contributed by atoms with Crippen LogP contribution in [0, 0.1) is 0 Å². The molecule has 0 aliphatic heterocycles. The average Bonchev–Trinajstić information content (AvgIpc) is 2.81. The Labute approximate surface area is 110 Å². The van der Waals surface area contributed by atoms with Crippen molar-refractivity contribution < 1.29 is 13.8 Å². The predicted octanol–water partition coefficient (Wildman–Crippen LogP) is 1.16. The summed E-state index contributed by atoms with van der Waals surface area (Å²) in [6.45, 7) is 2.40. The van der Waals surface area contributed by atoms with Crippen LogP contribution in [0.3, 0.4) is 0 Å². The van der Waals surface area contributed by atoms with Crippen LogP contribution < -0.4 is 5.73 Å². The minimum Gasteiger partial charge on any atom is -0.382 e. The Morgan fingerprint density at radius 2 is 2.26 bits per heavy atom. The topological polar surface area (TPSA) is 105 Å². The third kappa shape index (κ3) is 3.23. The van der Waals surface area contributed by atoms with Crippen molar-refractivity contribution in [1.29, 1.82) is 0 Å². The third-order valence-corrected chi connectivity index (χ3v) is 3.32. The fraction of sp³-hybridized carbons (Fsp3) is 0.500. The highest BCUT2D eigenvalue weighted by Gasteiger charge is 2.18. The van der Waals surface area contributed by atoms with Gasteiger partial charge in [-0.2, -0.15) is 0 Å². The number of anilines is 1. The second kappa shape index (κ2) is 6.01. The van der Waals surface area contributed by atoms with Crippen LogP contribution in [0.5, 0.6) is 0 Å². The summed E-state index contributed by atoms with van der Waals surface area (Å²) < 4.78 is 23.0. The second-order valence-corrected chi connectivity index (χ2v) is 5.24. The molecule has 2 rings (SSSR count). The van der Waals surface area contributed by atoms with Crippen LogP contribution in [0.25, 0.3) is 11.2 Å². The van der Waals surface area contributed by atoms with Crippen LogP contribution in [0.15, 0.2) is 12.7 Å². The lowest BCUT2D eigenvalue weighted by Gasteiger charge is -2.10. The van der Waals surface area contributed by atoms with Crippen molar-refractivity contribution >= 4 is 25.0 Å². The van der Waals surface area contributed by atoms with Gasteiger partial charge in [0.1, 0.15) is 11.8 Å². The Hall–Kier alpha value is -1.63. The van der Waals surface area contributed by atoms with Gasteiger partial charge in [-0.05, 0) is 11.5 Å². The lowest BCUT2D eigenvalue weighted by Crippen LogP contribution is -2.16. The minimum atomic E-state index is -1.76. The maximum absolute atomic E-state index is 11.1. The number of hydrogen-bond acceptors (Lipinski definition) is 7. The van der Waals surface area contributed by atoms with Crippen molar-refractivity contribution in [2.75, 3.05) is 19.2 Å². The summed E-state index contributed by atoms with van der Waals surface area (Å²) in [7, 11) is -0.372. The molecule has 0 radical (unpaired) electrons. The van der Waals surface area contributed by atoms with Gasteiger partial charge in [-0.1, -0.05) is 0 Å². The zero-order valence-electron chi connectivity index (χ0n) is 10.7. The van der Waals surface area contributed by atoms with Gasteiger partial charge in [-0.15, -0.1) is 4.52 Å². The van der Waals surface area contributed by atoms with E-state index in [9.17, 15) is 4.57 Å². The first-order chi connectivity index (χ1) is 9.11. The summed E-state index contributed by atoms with van der Waals surface area (Å²) in [5, 5.41) is 0. The average molecular weight is 284 g/mol. The summed E-state index contributed by atoms with van der Waals surface area (Å²) in [6, 6.07) is 0. The van der Waals surface area contributed by atoms with Gasteiger partial charge in [-0.3, -0.25) is 0 Å². The number of nitrogen functional groups attached to an aromatic ring is 1. The smallest absolute Gasteiger partial charge is 0.382 e. The maximum atomic E-state index is 11.1. The first-order valence-electron chi connectivity index (χ1n) is 5.63. The van der Waals surface area contributed by atoms with E-state index in [1.54, 1.807) is 6.33 Å². The molecule has 0 spiro atoms. The van der Waals surface area contributed by atoms with Crippen LogP contribution in [-0.4, -0.2) is 39.1 Å². The highest BCUT2D eigenvalue weighted by molar-refractivity contribution is 7.38. The molecule has 0 amide bonds. The molecule has 8 nitrogen and oxygen atoms in total. The molecule has 2 N–H and O–H groups in total. The van der Waals surface area contributed by atoms with Gasteiger partial charge in [0, 0.05) is 0 Å². The summed E-state index contributed by atoms with van der Waals surface area (Å²) >= 11 is 0. The molecule has 102 valence electrons. The number of imidazole rings is 1. The molecule has 2 aromatic rings. The molecule has 0 fully saturated rings. The Morgan fingerprint density at radius 1 is 1.47 bits per heavy atom. The summed E-state index contributed by atoms with van der Waals surface area (Å²) in [5.74, 6) is 0.347. The van der Waals surface area contributed by atoms with E-state index in [-0.39, 0.29) is 12.5 Å². The molecular formula is C10H15N5O3P+. The van der Waals surface area contributed by atoms with Crippen molar-refractivity contribution in [2.45, 2.75) is 19.6 Å². The third-order valence-electron chi connectivity index (χ3n) is 2.55. The zero-order valence-corrected chi connectivity index (χ0v) is 11.6. The van der Waals surface area contributed by atoms with Gasteiger partial charge in [0.2, 0.25) is 0 Å². The van der Waals surface area contributed by atoms with Crippen LogP contribution in [0.1, 0.15) is 6.92 Å². The lowest BCUT2D eigenvalue weighted by molar-refractivity contribution is 0.0836. The van der Waals surface area contributed by atoms with Crippen molar-refractivity contribution in [3.05, 3.63) is 12.7 Å². The summed E-state index contributed by atoms with van der Waals surface area (Å²) in [6.07, 6.45) is 2.94. The van der Waals surface area contributed by atoms with Gasteiger partial charge >= 0.3 is 8.03 Å². The Bertz CT molecular complexity index is 588. The highest BCUT2D eigenvalue weighted by Crippen LogP contribution is 2.21. The molecule has 0 bridgehead atoms. The molecule has 0 aliphatic carbocycles. The van der Waals surface area contributed by atoms with Gasteiger partial charge in [0.25, 0.3) is 6.35 Å².